The Hall–Kier alpha value is -2.34. The van der Waals surface area contributed by atoms with Gasteiger partial charge in [0.05, 0.1) is 31.0 Å². The van der Waals surface area contributed by atoms with Crippen molar-refractivity contribution in [2.75, 3.05) is 19.8 Å². The second kappa shape index (κ2) is 7.49. The predicted octanol–water partition coefficient (Wildman–Crippen LogP) is 2.75. The van der Waals surface area contributed by atoms with Crippen LogP contribution in [0.1, 0.15) is 31.9 Å². The Labute approximate surface area is 142 Å². The molecular weight excluding hydrogens is 304 g/mol. The van der Waals surface area contributed by atoms with Crippen molar-refractivity contribution in [2.24, 2.45) is 0 Å². The Morgan fingerprint density at radius 3 is 3.00 bits per heavy atom. The summed E-state index contributed by atoms with van der Waals surface area (Å²) in [5, 5.41) is 7.42. The number of ether oxygens (including phenoxy) is 1. The van der Waals surface area contributed by atoms with Gasteiger partial charge in [-0.25, -0.2) is 9.48 Å². The Bertz CT molecular complexity index is 671. The molecule has 0 radical (unpaired) electrons. The number of benzene rings is 1. The molecule has 3 rings (SSSR count). The highest BCUT2D eigenvalue weighted by Gasteiger charge is 2.27. The lowest BCUT2D eigenvalue weighted by Crippen LogP contribution is -2.52. The number of aromatic nitrogens is 2. The number of carbonyl (C=O) groups excluding carboxylic acids is 1. The van der Waals surface area contributed by atoms with E-state index in [0.717, 1.165) is 17.7 Å². The summed E-state index contributed by atoms with van der Waals surface area (Å²) >= 11 is 0. The molecule has 6 heteroatoms. The van der Waals surface area contributed by atoms with Crippen LogP contribution in [0.15, 0.2) is 42.7 Å². The molecule has 0 unspecified atom stereocenters. The van der Waals surface area contributed by atoms with Gasteiger partial charge in [-0.2, -0.15) is 5.10 Å². The largest absolute Gasteiger partial charge is 0.377 e. The number of nitrogens with one attached hydrogen (secondary N) is 1. The van der Waals surface area contributed by atoms with E-state index in [1.54, 1.807) is 6.20 Å². The number of rotatable bonds is 4. The maximum Gasteiger partial charge on any atom is 0.318 e. The lowest BCUT2D eigenvalue weighted by Gasteiger charge is -2.36. The summed E-state index contributed by atoms with van der Waals surface area (Å²) in [6.45, 7) is 5.93. The predicted molar refractivity (Wildman–Crippen MR) is 92.1 cm³/mol. The van der Waals surface area contributed by atoms with Crippen molar-refractivity contribution in [3.8, 4) is 5.69 Å². The van der Waals surface area contributed by atoms with E-state index in [-0.39, 0.29) is 18.1 Å². The van der Waals surface area contributed by atoms with Gasteiger partial charge < -0.3 is 15.0 Å². The maximum atomic E-state index is 12.7. The smallest absolute Gasteiger partial charge is 0.318 e. The fourth-order valence-corrected chi connectivity index (χ4v) is 3.08. The molecule has 1 aromatic carbocycles. The lowest BCUT2D eigenvalue weighted by molar-refractivity contribution is 0.0108. The molecule has 1 aliphatic rings. The molecule has 1 aromatic heterocycles. The van der Waals surface area contributed by atoms with Crippen LogP contribution >= 0.6 is 0 Å². The van der Waals surface area contributed by atoms with Gasteiger partial charge in [0, 0.05) is 18.9 Å². The van der Waals surface area contributed by atoms with Gasteiger partial charge in [0.15, 0.2) is 0 Å². The first kappa shape index (κ1) is 16.5. The van der Waals surface area contributed by atoms with Gasteiger partial charge in [0.1, 0.15) is 0 Å². The van der Waals surface area contributed by atoms with E-state index >= 15 is 0 Å². The maximum absolute atomic E-state index is 12.7. The summed E-state index contributed by atoms with van der Waals surface area (Å²) in [5.41, 5.74) is 2.01. The van der Waals surface area contributed by atoms with Crippen LogP contribution in [0.3, 0.4) is 0 Å². The van der Waals surface area contributed by atoms with Crippen molar-refractivity contribution < 1.29 is 9.53 Å². The van der Waals surface area contributed by atoms with Crippen LogP contribution in [0.5, 0.6) is 0 Å². The summed E-state index contributed by atoms with van der Waals surface area (Å²) in [6.07, 6.45) is 4.55. The Morgan fingerprint density at radius 2 is 2.25 bits per heavy atom. The molecule has 0 saturated carbocycles. The second-order valence-corrected chi connectivity index (χ2v) is 6.01. The van der Waals surface area contributed by atoms with Crippen LogP contribution in [0.25, 0.3) is 5.69 Å². The van der Waals surface area contributed by atoms with Gasteiger partial charge in [-0.15, -0.1) is 0 Å². The van der Waals surface area contributed by atoms with Crippen molar-refractivity contribution in [3.63, 3.8) is 0 Å². The van der Waals surface area contributed by atoms with Gasteiger partial charge >= 0.3 is 6.03 Å². The number of hydrogen-bond acceptors (Lipinski definition) is 3. The van der Waals surface area contributed by atoms with Crippen LogP contribution in [-0.2, 0) is 4.74 Å². The third-order valence-electron chi connectivity index (χ3n) is 4.45. The summed E-state index contributed by atoms with van der Waals surface area (Å²) in [7, 11) is 0. The normalized spacial score (nSPS) is 19.1. The zero-order valence-electron chi connectivity index (χ0n) is 14.2. The highest BCUT2D eigenvalue weighted by molar-refractivity contribution is 5.75. The number of amides is 2. The summed E-state index contributed by atoms with van der Waals surface area (Å²) in [4.78, 5) is 14.6. The van der Waals surface area contributed by atoms with Crippen LogP contribution in [0.2, 0.25) is 0 Å². The van der Waals surface area contributed by atoms with Gasteiger partial charge in [-0.1, -0.05) is 25.1 Å². The van der Waals surface area contributed by atoms with Crippen LogP contribution in [0, 0.1) is 0 Å². The van der Waals surface area contributed by atoms with E-state index in [1.807, 2.05) is 53.0 Å². The molecule has 6 nitrogen and oxygen atoms in total. The van der Waals surface area contributed by atoms with E-state index in [9.17, 15) is 4.79 Å². The average Bonchev–Trinajstić information content (AvgIpc) is 3.16. The first-order chi connectivity index (χ1) is 11.7. The molecule has 2 amide bonds. The molecule has 0 spiro atoms. The molecule has 1 fully saturated rings. The topological polar surface area (TPSA) is 59.4 Å². The van der Waals surface area contributed by atoms with Crippen LogP contribution in [-0.4, -0.2) is 46.5 Å². The molecular formula is C18H24N4O2. The minimum absolute atomic E-state index is 0.0343. The molecule has 24 heavy (non-hydrogen) atoms. The molecule has 2 atom stereocenters. The zero-order valence-corrected chi connectivity index (χ0v) is 14.2. The number of carbonyl (C=O) groups is 1. The third-order valence-corrected chi connectivity index (χ3v) is 4.45. The van der Waals surface area contributed by atoms with E-state index in [4.69, 9.17) is 4.74 Å². The van der Waals surface area contributed by atoms with E-state index in [2.05, 4.69) is 17.3 Å². The molecule has 2 aromatic rings. The van der Waals surface area contributed by atoms with Crippen LogP contribution in [0.4, 0.5) is 4.79 Å². The van der Waals surface area contributed by atoms with Crippen LogP contribution < -0.4 is 5.32 Å². The lowest BCUT2D eigenvalue weighted by atomic mass is 10.1. The summed E-state index contributed by atoms with van der Waals surface area (Å²) in [6, 6.07) is 9.88. The number of morpholine rings is 1. The Kier molecular flexibility index (Phi) is 5.15. The summed E-state index contributed by atoms with van der Waals surface area (Å²) in [5.74, 6) is 0. The molecule has 128 valence electrons. The average molecular weight is 328 g/mol. The van der Waals surface area contributed by atoms with Crippen molar-refractivity contribution in [1.82, 2.24) is 20.0 Å². The van der Waals surface area contributed by atoms with Crippen molar-refractivity contribution in [2.45, 2.75) is 32.4 Å². The first-order valence-electron chi connectivity index (χ1n) is 8.44. The highest BCUT2D eigenvalue weighted by atomic mass is 16.5. The molecule has 0 bridgehead atoms. The molecule has 1 N–H and O–H groups in total. The van der Waals surface area contributed by atoms with Crippen molar-refractivity contribution in [3.05, 3.63) is 48.3 Å². The number of nitrogens with zero attached hydrogens (tertiary/aromatic N) is 3. The molecule has 0 aliphatic carbocycles. The van der Waals surface area contributed by atoms with E-state index in [1.165, 1.54) is 0 Å². The first-order valence-corrected chi connectivity index (χ1v) is 8.44. The molecule has 1 aliphatic heterocycles. The van der Waals surface area contributed by atoms with Crippen molar-refractivity contribution in [1.29, 1.82) is 0 Å². The number of hydrogen-bond donors (Lipinski definition) is 1. The fourth-order valence-electron chi connectivity index (χ4n) is 3.08. The Morgan fingerprint density at radius 1 is 1.42 bits per heavy atom. The quantitative estimate of drug-likeness (QED) is 0.939. The molecule has 1 saturated heterocycles. The number of urea groups is 1. The van der Waals surface area contributed by atoms with E-state index in [0.29, 0.717) is 19.8 Å². The zero-order chi connectivity index (χ0) is 16.9. The summed E-state index contributed by atoms with van der Waals surface area (Å²) < 4.78 is 7.30. The van der Waals surface area contributed by atoms with Gasteiger partial charge in [-0.3, -0.25) is 0 Å². The minimum Gasteiger partial charge on any atom is -0.377 e. The van der Waals surface area contributed by atoms with Gasteiger partial charge in [0.2, 0.25) is 0 Å². The third kappa shape index (κ3) is 3.43. The second-order valence-electron chi connectivity index (χ2n) is 6.01. The van der Waals surface area contributed by atoms with Crippen molar-refractivity contribution >= 4 is 6.03 Å². The minimum atomic E-state index is -0.113. The number of para-hydroxylation sites is 1. The van der Waals surface area contributed by atoms with E-state index < -0.39 is 0 Å². The Balaban J connectivity index is 1.75. The SMILES string of the molecule is CC[C@H]1COCCN1C(=O)N[C@@H](C)c1ccccc1-n1cccn1. The van der Waals surface area contributed by atoms with Gasteiger partial charge in [-0.05, 0) is 31.0 Å². The monoisotopic (exact) mass is 328 g/mol. The standard InChI is InChI=1S/C18H24N4O2/c1-3-15-13-24-12-11-21(15)18(23)20-14(2)16-7-4-5-8-17(16)22-10-6-9-19-22/h4-10,14-15H,3,11-13H2,1-2H3,(H,20,23)/t14-,15-/m0/s1. The molecule has 2 heterocycles. The van der Waals surface area contributed by atoms with Gasteiger partial charge in [0.25, 0.3) is 0 Å². The fraction of sp³-hybridized carbons (Fsp3) is 0.444. The highest BCUT2D eigenvalue weighted by Crippen LogP contribution is 2.21.